The van der Waals surface area contributed by atoms with Gasteiger partial charge in [-0.1, -0.05) is 36.7 Å². The molecule has 1 unspecified atom stereocenters. The lowest BCUT2D eigenvalue weighted by Crippen LogP contribution is -2.34. The summed E-state index contributed by atoms with van der Waals surface area (Å²) < 4.78 is 0. The highest BCUT2D eigenvalue weighted by Gasteiger charge is 2.36. The summed E-state index contributed by atoms with van der Waals surface area (Å²) in [4.78, 5) is 14.6. The third-order valence-electron chi connectivity index (χ3n) is 4.35. The molecule has 1 aliphatic heterocycles. The normalized spacial score (nSPS) is 21.3. The Bertz CT molecular complexity index is 699. The average Bonchev–Trinajstić information content (AvgIpc) is 3.14. The van der Waals surface area contributed by atoms with E-state index in [1.165, 1.54) is 0 Å². The molecule has 1 fully saturated rings. The monoisotopic (exact) mass is 318 g/mol. The zero-order valence-electron chi connectivity index (χ0n) is 12.5. The molecule has 3 N–H and O–H groups in total. The van der Waals surface area contributed by atoms with Gasteiger partial charge in [-0.25, -0.2) is 0 Å². The lowest BCUT2D eigenvalue weighted by atomic mass is 9.90. The molecule has 3 rings (SSSR count). The average molecular weight is 319 g/mol. The van der Waals surface area contributed by atoms with Crippen LogP contribution in [-0.4, -0.2) is 40.6 Å². The largest absolute Gasteiger partial charge is 0.338 e. The van der Waals surface area contributed by atoms with Crippen molar-refractivity contribution in [1.29, 1.82) is 0 Å². The number of benzene rings is 1. The second-order valence-corrected chi connectivity index (χ2v) is 6.54. The Morgan fingerprint density at radius 2 is 2.27 bits per heavy atom. The maximum Gasteiger partial charge on any atom is 0.257 e. The fourth-order valence-electron chi connectivity index (χ4n) is 2.85. The summed E-state index contributed by atoms with van der Waals surface area (Å²) in [6, 6.07) is 7.42. The van der Waals surface area contributed by atoms with Gasteiger partial charge in [0.2, 0.25) is 0 Å². The van der Waals surface area contributed by atoms with Gasteiger partial charge in [0.05, 0.1) is 17.5 Å². The van der Waals surface area contributed by atoms with E-state index >= 15 is 0 Å². The zero-order valence-corrected chi connectivity index (χ0v) is 13.2. The number of nitrogens with two attached hydrogens (primary N) is 1. The van der Waals surface area contributed by atoms with Crippen molar-refractivity contribution in [3.05, 3.63) is 41.0 Å². The number of rotatable bonds is 3. The number of carbonyl (C=O) groups is 1. The van der Waals surface area contributed by atoms with Crippen LogP contribution in [0.2, 0.25) is 5.02 Å². The van der Waals surface area contributed by atoms with E-state index in [0.717, 1.165) is 18.5 Å². The van der Waals surface area contributed by atoms with Gasteiger partial charge in [-0.3, -0.25) is 9.89 Å². The van der Waals surface area contributed by atoms with Crippen molar-refractivity contribution in [2.75, 3.05) is 19.6 Å². The minimum atomic E-state index is -0.0270. The van der Waals surface area contributed by atoms with Crippen LogP contribution in [0.4, 0.5) is 0 Å². The summed E-state index contributed by atoms with van der Waals surface area (Å²) in [6.07, 6.45) is 2.49. The van der Waals surface area contributed by atoms with Crippen LogP contribution in [0.3, 0.4) is 0 Å². The van der Waals surface area contributed by atoms with Gasteiger partial charge in [0.25, 0.3) is 5.91 Å². The first-order chi connectivity index (χ1) is 10.5. The molecule has 0 aliphatic carbocycles. The summed E-state index contributed by atoms with van der Waals surface area (Å²) in [5.74, 6) is -0.0270. The molecule has 1 aromatic carbocycles. The van der Waals surface area contributed by atoms with Gasteiger partial charge in [-0.15, -0.1) is 0 Å². The van der Waals surface area contributed by atoms with Gasteiger partial charge in [0.1, 0.15) is 0 Å². The lowest BCUT2D eigenvalue weighted by Gasteiger charge is -2.22. The summed E-state index contributed by atoms with van der Waals surface area (Å²) in [6.45, 7) is 4.10. The molecule has 0 saturated carbocycles. The van der Waals surface area contributed by atoms with Crippen molar-refractivity contribution in [2.24, 2.45) is 11.1 Å². The van der Waals surface area contributed by atoms with E-state index in [4.69, 9.17) is 17.3 Å². The van der Waals surface area contributed by atoms with E-state index in [1.54, 1.807) is 12.3 Å². The van der Waals surface area contributed by atoms with Gasteiger partial charge in [-0.2, -0.15) is 5.10 Å². The molecule has 2 aromatic rings. The fourth-order valence-corrected chi connectivity index (χ4v) is 3.08. The topological polar surface area (TPSA) is 75.0 Å². The van der Waals surface area contributed by atoms with Crippen LogP contribution in [0, 0.1) is 5.41 Å². The number of likely N-dealkylation sites (tertiary alicyclic amines) is 1. The number of amides is 1. The van der Waals surface area contributed by atoms with Gasteiger partial charge in [0.15, 0.2) is 0 Å². The van der Waals surface area contributed by atoms with Crippen LogP contribution in [0.5, 0.6) is 0 Å². The number of hydrogen-bond donors (Lipinski definition) is 2. The van der Waals surface area contributed by atoms with Crippen molar-refractivity contribution >= 4 is 17.5 Å². The predicted octanol–water partition coefficient (Wildman–Crippen LogP) is 2.54. The highest BCUT2D eigenvalue weighted by molar-refractivity contribution is 6.33. The number of carbonyl (C=O) groups excluding carboxylic acids is 1. The molecule has 1 saturated heterocycles. The molecule has 1 aliphatic rings. The minimum absolute atomic E-state index is 0.00392. The molecule has 116 valence electrons. The van der Waals surface area contributed by atoms with Gasteiger partial charge in [0, 0.05) is 23.7 Å². The van der Waals surface area contributed by atoms with E-state index < -0.39 is 0 Å². The molecule has 22 heavy (non-hydrogen) atoms. The van der Waals surface area contributed by atoms with Gasteiger partial charge < -0.3 is 10.6 Å². The SMILES string of the molecule is CC1(CN)CCN(C(=O)c2cn[nH]c2-c2ccccc2Cl)C1. The Balaban J connectivity index is 1.90. The van der Waals surface area contributed by atoms with Crippen LogP contribution in [0.1, 0.15) is 23.7 Å². The number of hydrogen-bond acceptors (Lipinski definition) is 3. The quantitative estimate of drug-likeness (QED) is 0.913. The van der Waals surface area contributed by atoms with Crippen molar-refractivity contribution in [3.8, 4) is 11.3 Å². The van der Waals surface area contributed by atoms with Crippen LogP contribution < -0.4 is 5.73 Å². The minimum Gasteiger partial charge on any atom is -0.338 e. The number of H-pyrrole nitrogens is 1. The fraction of sp³-hybridized carbons (Fsp3) is 0.375. The van der Waals surface area contributed by atoms with Crippen LogP contribution in [0.15, 0.2) is 30.5 Å². The Morgan fingerprint density at radius 3 is 2.95 bits per heavy atom. The molecule has 5 nitrogen and oxygen atoms in total. The van der Waals surface area contributed by atoms with E-state index in [1.807, 2.05) is 23.1 Å². The van der Waals surface area contributed by atoms with E-state index in [-0.39, 0.29) is 11.3 Å². The first-order valence-electron chi connectivity index (χ1n) is 7.32. The summed E-state index contributed by atoms with van der Waals surface area (Å²) >= 11 is 6.23. The molecule has 2 heterocycles. The molecule has 1 amide bonds. The summed E-state index contributed by atoms with van der Waals surface area (Å²) in [7, 11) is 0. The molecule has 6 heteroatoms. The Labute approximate surface area is 134 Å². The van der Waals surface area contributed by atoms with Crippen molar-refractivity contribution in [2.45, 2.75) is 13.3 Å². The number of aromatic nitrogens is 2. The molecule has 1 atom stereocenters. The van der Waals surface area contributed by atoms with Crippen molar-refractivity contribution in [1.82, 2.24) is 15.1 Å². The number of aromatic amines is 1. The van der Waals surface area contributed by atoms with Crippen LogP contribution >= 0.6 is 11.6 Å². The van der Waals surface area contributed by atoms with Gasteiger partial charge in [-0.05, 0) is 24.4 Å². The van der Waals surface area contributed by atoms with E-state index in [9.17, 15) is 4.79 Å². The third-order valence-corrected chi connectivity index (χ3v) is 4.68. The van der Waals surface area contributed by atoms with Crippen LogP contribution in [-0.2, 0) is 0 Å². The molecule has 0 bridgehead atoms. The van der Waals surface area contributed by atoms with E-state index in [0.29, 0.717) is 29.4 Å². The maximum absolute atomic E-state index is 12.8. The summed E-state index contributed by atoms with van der Waals surface area (Å²) in [5, 5.41) is 7.52. The molecule has 0 radical (unpaired) electrons. The lowest BCUT2D eigenvalue weighted by molar-refractivity contribution is 0.0777. The second kappa shape index (κ2) is 5.74. The van der Waals surface area contributed by atoms with Crippen LogP contribution in [0.25, 0.3) is 11.3 Å². The Morgan fingerprint density at radius 1 is 1.50 bits per heavy atom. The Hall–Kier alpha value is -1.85. The molecular weight excluding hydrogens is 300 g/mol. The number of halogens is 1. The first-order valence-corrected chi connectivity index (χ1v) is 7.69. The van der Waals surface area contributed by atoms with Crippen molar-refractivity contribution < 1.29 is 4.79 Å². The molecule has 1 aromatic heterocycles. The summed E-state index contributed by atoms with van der Waals surface area (Å²) in [5.41, 5.74) is 7.82. The predicted molar refractivity (Wildman–Crippen MR) is 86.7 cm³/mol. The van der Waals surface area contributed by atoms with Crippen molar-refractivity contribution in [3.63, 3.8) is 0 Å². The third kappa shape index (κ3) is 2.62. The first kappa shape index (κ1) is 15.1. The molecular formula is C16H19ClN4O. The number of nitrogens with one attached hydrogen (secondary N) is 1. The highest BCUT2D eigenvalue weighted by atomic mass is 35.5. The highest BCUT2D eigenvalue weighted by Crippen LogP contribution is 2.32. The molecule has 0 spiro atoms. The number of nitrogens with zero attached hydrogens (tertiary/aromatic N) is 2. The van der Waals surface area contributed by atoms with E-state index in [2.05, 4.69) is 17.1 Å². The zero-order chi connectivity index (χ0) is 15.7. The Kier molecular flexibility index (Phi) is 3.93. The standard InChI is InChI=1S/C16H19ClN4O/c1-16(9-18)6-7-21(10-16)15(22)12-8-19-20-14(12)11-4-2-3-5-13(11)17/h2-5,8H,6-7,9-10,18H2,1H3,(H,19,20). The smallest absolute Gasteiger partial charge is 0.257 e. The second-order valence-electron chi connectivity index (χ2n) is 6.13. The van der Waals surface area contributed by atoms with Gasteiger partial charge >= 0.3 is 0 Å². The maximum atomic E-state index is 12.8.